The van der Waals surface area contributed by atoms with E-state index in [2.05, 4.69) is 48.5 Å². The zero-order valence-electron chi connectivity index (χ0n) is 23.7. The van der Waals surface area contributed by atoms with E-state index in [-0.39, 0.29) is 39.6 Å². The van der Waals surface area contributed by atoms with Crippen LogP contribution in [0.2, 0.25) is 0 Å². The molecule has 0 radical (unpaired) electrons. The molecule has 5 aliphatic carbocycles. The summed E-state index contributed by atoms with van der Waals surface area (Å²) in [5.41, 5.74) is -1.31. The van der Waals surface area contributed by atoms with Gasteiger partial charge in [-0.3, -0.25) is 4.79 Å². The number of ether oxygens (including phenoxy) is 1. The summed E-state index contributed by atoms with van der Waals surface area (Å²) in [6, 6.07) is 0. The number of hydrogen-bond acceptors (Lipinski definition) is 4. The molecule has 0 aromatic rings. The summed E-state index contributed by atoms with van der Waals surface area (Å²) in [5.74, 6) is 1.17. The van der Waals surface area contributed by atoms with Gasteiger partial charge in [-0.25, -0.2) is 0 Å². The fourth-order valence-corrected chi connectivity index (χ4v) is 11.5. The van der Waals surface area contributed by atoms with Gasteiger partial charge in [-0.1, -0.05) is 48.5 Å². The monoisotopic (exact) mass is 488 g/mol. The van der Waals surface area contributed by atoms with E-state index >= 15 is 0 Å². The quantitative estimate of drug-likeness (QED) is 0.463. The molecule has 4 heteroatoms. The number of methoxy groups -OCH3 is 1. The van der Waals surface area contributed by atoms with E-state index in [4.69, 9.17) is 4.74 Å². The largest absolute Gasteiger partial charge is 0.393 e. The molecule has 5 saturated carbocycles. The van der Waals surface area contributed by atoms with E-state index in [1.807, 2.05) is 7.11 Å². The van der Waals surface area contributed by atoms with Crippen LogP contribution in [0.4, 0.5) is 0 Å². The smallest absolute Gasteiger partial charge is 0.145 e. The standard InChI is InChI=1S/C31H52O4/c1-26(2)20-10-16-31(34)18-28(5)13-9-21-27(3,4)24(35-8)12-15-29(21,6)22(28)17-19(31)25(33)30(20,7)14-11-23(26)32/h19-24,32,34H,9-18H2,1-8H3. The van der Waals surface area contributed by atoms with Gasteiger partial charge in [-0.15, -0.1) is 0 Å². The lowest BCUT2D eigenvalue weighted by molar-refractivity contribution is -0.220. The van der Waals surface area contributed by atoms with Crippen LogP contribution in [-0.2, 0) is 9.53 Å². The van der Waals surface area contributed by atoms with Crippen LogP contribution in [0.15, 0.2) is 0 Å². The van der Waals surface area contributed by atoms with Crippen molar-refractivity contribution in [2.45, 2.75) is 130 Å². The summed E-state index contributed by atoms with van der Waals surface area (Å²) in [6.45, 7) is 16.2. The Bertz CT molecular complexity index is 879. The molecular formula is C31H52O4. The van der Waals surface area contributed by atoms with Gasteiger partial charge in [0.05, 0.1) is 17.8 Å². The summed E-state index contributed by atoms with van der Waals surface area (Å²) in [4.78, 5) is 14.5. The predicted molar refractivity (Wildman–Crippen MR) is 139 cm³/mol. The maximum absolute atomic E-state index is 14.5. The predicted octanol–water partition coefficient (Wildman–Crippen LogP) is 6.17. The minimum Gasteiger partial charge on any atom is -0.393 e. The second-order valence-corrected chi connectivity index (χ2v) is 15.7. The minimum absolute atomic E-state index is 0.0677. The van der Waals surface area contributed by atoms with E-state index in [9.17, 15) is 15.0 Å². The molecule has 2 N–H and O–H groups in total. The number of Topliss-reactive ketones (excluding diaryl/α,β-unsaturated/α-hetero) is 1. The Kier molecular flexibility index (Phi) is 5.82. The van der Waals surface area contributed by atoms with E-state index < -0.39 is 11.0 Å². The first-order valence-electron chi connectivity index (χ1n) is 14.5. The molecule has 10 unspecified atom stereocenters. The number of carbonyl (C=O) groups excluding carboxylic acids is 1. The molecule has 0 saturated heterocycles. The van der Waals surface area contributed by atoms with Crippen LogP contribution in [-0.4, -0.2) is 40.9 Å². The zero-order chi connectivity index (χ0) is 25.8. The number of rotatable bonds is 1. The summed E-state index contributed by atoms with van der Waals surface area (Å²) in [5, 5.41) is 23.2. The highest BCUT2D eigenvalue weighted by Crippen LogP contribution is 2.71. The second kappa shape index (κ2) is 7.79. The Hall–Kier alpha value is -0.450. The molecular weight excluding hydrogens is 436 g/mol. The number of aliphatic hydroxyl groups excluding tert-OH is 1. The van der Waals surface area contributed by atoms with Crippen LogP contribution < -0.4 is 0 Å². The van der Waals surface area contributed by atoms with Gasteiger partial charge in [0.25, 0.3) is 0 Å². The molecule has 0 aromatic carbocycles. The molecule has 0 heterocycles. The third-order valence-electron chi connectivity index (χ3n) is 13.4. The maximum Gasteiger partial charge on any atom is 0.145 e. The van der Waals surface area contributed by atoms with Gasteiger partial charge in [-0.05, 0) is 104 Å². The molecule has 0 aromatic heterocycles. The lowest BCUT2D eigenvalue weighted by Gasteiger charge is -2.67. The molecule has 5 aliphatic rings. The fourth-order valence-electron chi connectivity index (χ4n) is 11.5. The average molecular weight is 489 g/mol. The van der Waals surface area contributed by atoms with Crippen molar-refractivity contribution in [2.24, 2.45) is 50.7 Å². The van der Waals surface area contributed by atoms with Crippen LogP contribution >= 0.6 is 0 Å². The normalized spacial score (nSPS) is 55.1. The topological polar surface area (TPSA) is 66.8 Å². The molecule has 0 amide bonds. The molecule has 35 heavy (non-hydrogen) atoms. The third-order valence-corrected chi connectivity index (χ3v) is 13.4. The molecule has 4 nitrogen and oxygen atoms in total. The molecule has 0 bridgehead atoms. The van der Waals surface area contributed by atoms with Crippen molar-refractivity contribution >= 4 is 5.78 Å². The van der Waals surface area contributed by atoms with Crippen LogP contribution in [0.3, 0.4) is 0 Å². The van der Waals surface area contributed by atoms with Crippen LogP contribution in [0.25, 0.3) is 0 Å². The second-order valence-electron chi connectivity index (χ2n) is 15.7. The van der Waals surface area contributed by atoms with Crippen molar-refractivity contribution in [1.82, 2.24) is 0 Å². The van der Waals surface area contributed by atoms with Gasteiger partial charge < -0.3 is 14.9 Å². The van der Waals surface area contributed by atoms with Crippen molar-refractivity contribution in [3.8, 4) is 0 Å². The third kappa shape index (κ3) is 3.37. The average Bonchev–Trinajstić information content (AvgIpc) is 2.82. The summed E-state index contributed by atoms with van der Waals surface area (Å²) in [6.07, 6.45) is 9.01. The van der Waals surface area contributed by atoms with Crippen LogP contribution in [0.5, 0.6) is 0 Å². The number of ketones is 1. The number of fused-ring (bicyclic) bond motifs is 5. The highest BCUT2D eigenvalue weighted by atomic mass is 16.5. The van der Waals surface area contributed by atoms with Gasteiger partial charge >= 0.3 is 0 Å². The van der Waals surface area contributed by atoms with Gasteiger partial charge in [-0.2, -0.15) is 0 Å². The van der Waals surface area contributed by atoms with Crippen molar-refractivity contribution in [1.29, 1.82) is 0 Å². The van der Waals surface area contributed by atoms with Crippen molar-refractivity contribution in [2.75, 3.05) is 7.11 Å². The molecule has 10 atom stereocenters. The highest BCUT2D eigenvalue weighted by Gasteiger charge is 2.68. The van der Waals surface area contributed by atoms with Crippen molar-refractivity contribution in [3.05, 3.63) is 0 Å². The first kappa shape index (κ1) is 26.2. The maximum atomic E-state index is 14.5. The molecule has 5 fully saturated rings. The molecule has 5 rings (SSSR count). The van der Waals surface area contributed by atoms with E-state index in [1.54, 1.807) is 0 Å². The summed E-state index contributed by atoms with van der Waals surface area (Å²) >= 11 is 0. The van der Waals surface area contributed by atoms with Crippen molar-refractivity contribution in [3.63, 3.8) is 0 Å². The van der Waals surface area contributed by atoms with Gasteiger partial charge in [0.1, 0.15) is 5.78 Å². The lowest BCUT2D eigenvalue weighted by Crippen LogP contribution is -2.64. The van der Waals surface area contributed by atoms with E-state index in [0.717, 1.165) is 44.9 Å². The van der Waals surface area contributed by atoms with E-state index in [0.29, 0.717) is 36.6 Å². The van der Waals surface area contributed by atoms with E-state index in [1.165, 1.54) is 6.42 Å². The Morgan fingerprint density at radius 3 is 2.11 bits per heavy atom. The molecule has 200 valence electrons. The summed E-state index contributed by atoms with van der Waals surface area (Å²) < 4.78 is 5.98. The Labute approximate surface area is 214 Å². The van der Waals surface area contributed by atoms with Crippen LogP contribution in [0, 0.1) is 50.7 Å². The number of hydrogen-bond donors (Lipinski definition) is 2. The minimum atomic E-state index is -0.911. The van der Waals surface area contributed by atoms with Gasteiger partial charge in [0, 0.05) is 18.4 Å². The SMILES string of the molecule is COC1CCC2(C)C3CC4C(=O)C5(C)CCC(O)C(C)(C)C5CCC4(O)CC3(C)CCC2C1(C)C. The Balaban J connectivity index is 1.54. The first-order valence-corrected chi connectivity index (χ1v) is 14.5. The Morgan fingerprint density at radius 1 is 0.800 bits per heavy atom. The van der Waals surface area contributed by atoms with Gasteiger partial charge in [0.2, 0.25) is 0 Å². The Morgan fingerprint density at radius 2 is 1.46 bits per heavy atom. The zero-order valence-corrected chi connectivity index (χ0v) is 23.7. The fraction of sp³-hybridized carbons (Fsp3) is 0.968. The number of carbonyl (C=O) groups is 1. The number of aliphatic hydroxyl groups is 2. The molecule has 0 aliphatic heterocycles. The summed E-state index contributed by atoms with van der Waals surface area (Å²) in [7, 11) is 1.87. The van der Waals surface area contributed by atoms with Crippen LogP contribution in [0.1, 0.15) is 113 Å². The van der Waals surface area contributed by atoms with Gasteiger partial charge in [0.15, 0.2) is 0 Å². The first-order chi connectivity index (χ1) is 16.1. The highest BCUT2D eigenvalue weighted by molar-refractivity contribution is 5.89. The lowest BCUT2D eigenvalue weighted by atomic mass is 9.38. The molecule has 0 spiro atoms. The van der Waals surface area contributed by atoms with Crippen molar-refractivity contribution < 1.29 is 19.7 Å².